The lowest BCUT2D eigenvalue weighted by molar-refractivity contribution is -0.140. The van der Waals surface area contributed by atoms with Crippen LogP contribution in [0.1, 0.15) is 44.9 Å². The number of aliphatic hydroxyl groups is 1. The number of likely N-dealkylation sites (tertiary alicyclic amines) is 1. The maximum Gasteiger partial charge on any atom is 0.295 e. The fourth-order valence-electron chi connectivity index (χ4n) is 3.78. The smallest absolute Gasteiger partial charge is 0.295 e. The van der Waals surface area contributed by atoms with Gasteiger partial charge in [0.25, 0.3) is 11.7 Å². The minimum absolute atomic E-state index is 0.00941. The molecular formula is C27H33NO6. The molecule has 1 atom stereocenters. The van der Waals surface area contributed by atoms with Gasteiger partial charge in [0.15, 0.2) is 0 Å². The summed E-state index contributed by atoms with van der Waals surface area (Å²) in [5.41, 5.74) is 1.15. The number of benzene rings is 2. The van der Waals surface area contributed by atoms with Crippen LogP contribution >= 0.6 is 0 Å². The van der Waals surface area contributed by atoms with E-state index in [-0.39, 0.29) is 30.6 Å². The summed E-state index contributed by atoms with van der Waals surface area (Å²) in [6.45, 7) is 8.92. The summed E-state index contributed by atoms with van der Waals surface area (Å²) in [5.74, 6) is -0.0531. The topological polar surface area (TPSA) is 85.3 Å². The van der Waals surface area contributed by atoms with Crippen LogP contribution < -0.4 is 9.47 Å². The number of methoxy groups -OCH3 is 1. The molecule has 1 amide bonds. The van der Waals surface area contributed by atoms with E-state index >= 15 is 0 Å². The van der Waals surface area contributed by atoms with Gasteiger partial charge in [0.05, 0.1) is 38.0 Å². The molecule has 1 heterocycles. The van der Waals surface area contributed by atoms with Crippen molar-refractivity contribution in [3.05, 3.63) is 65.2 Å². The number of nitrogens with zero attached hydrogens (tertiary/aromatic N) is 1. The lowest BCUT2D eigenvalue weighted by atomic mass is 9.95. The summed E-state index contributed by atoms with van der Waals surface area (Å²) in [4.78, 5) is 27.6. The van der Waals surface area contributed by atoms with Crippen molar-refractivity contribution in [1.29, 1.82) is 0 Å². The fourth-order valence-corrected chi connectivity index (χ4v) is 3.78. The van der Waals surface area contributed by atoms with Gasteiger partial charge >= 0.3 is 0 Å². The summed E-state index contributed by atoms with van der Waals surface area (Å²) < 4.78 is 16.7. The number of hydrogen-bond donors (Lipinski definition) is 1. The first kappa shape index (κ1) is 25.3. The van der Waals surface area contributed by atoms with Gasteiger partial charge < -0.3 is 24.2 Å². The molecule has 0 aromatic heterocycles. The Morgan fingerprint density at radius 1 is 1.03 bits per heavy atom. The molecule has 0 spiro atoms. The highest BCUT2D eigenvalue weighted by molar-refractivity contribution is 6.46. The van der Waals surface area contributed by atoms with Crippen molar-refractivity contribution in [1.82, 2.24) is 4.90 Å². The van der Waals surface area contributed by atoms with E-state index in [4.69, 9.17) is 14.2 Å². The standard InChI is InChI=1S/C27H33NO6/c1-17(2)16-34-22-8-6-7-20(15-22)25(29)23-24(19-9-11-21(32-5)12-10-19)28(27(31)26(23)30)13-14-33-18(3)4/h6-12,15,17-18,24,29H,13-14,16H2,1-5H3/b25-23-. The Labute approximate surface area is 200 Å². The van der Waals surface area contributed by atoms with Crippen molar-refractivity contribution in [2.45, 2.75) is 39.8 Å². The van der Waals surface area contributed by atoms with Gasteiger partial charge in [-0.3, -0.25) is 9.59 Å². The predicted octanol–water partition coefficient (Wildman–Crippen LogP) is 4.58. The third-order valence-corrected chi connectivity index (χ3v) is 5.45. The first-order valence-corrected chi connectivity index (χ1v) is 11.5. The van der Waals surface area contributed by atoms with Crippen LogP contribution in [-0.2, 0) is 14.3 Å². The van der Waals surface area contributed by atoms with E-state index in [0.717, 1.165) is 0 Å². The third-order valence-electron chi connectivity index (χ3n) is 5.45. The molecule has 182 valence electrons. The molecule has 0 radical (unpaired) electrons. The number of ether oxygens (including phenoxy) is 3. The van der Waals surface area contributed by atoms with Crippen LogP contribution in [0.5, 0.6) is 11.5 Å². The molecule has 2 aromatic rings. The Bertz CT molecular complexity index is 1040. The van der Waals surface area contributed by atoms with Crippen LogP contribution in [0.3, 0.4) is 0 Å². The van der Waals surface area contributed by atoms with Crippen LogP contribution in [-0.4, -0.2) is 54.7 Å². The van der Waals surface area contributed by atoms with Crippen molar-refractivity contribution >= 4 is 17.4 Å². The molecule has 7 nitrogen and oxygen atoms in total. The highest BCUT2D eigenvalue weighted by atomic mass is 16.5. The second-order valence-corrected chi connectivity index (χ2v) is 8.92. The second-order valence-electron chi connectivity index (χ2n) is 8.92. The van der Waals surface area contributed by atoms with Gasteiger partial charge in [-0.15, -0.1) is 0 Å². The number of carbonyl (C=O) groups is 2. The van der Waals surface area contributed by atoms with Crippen molar-refractivity contribution in [3.63, 3.8) is 0 Å². The summed E-state index contributed by atoms with van der Waals surface area (Å²) in [5, 5.41) is 11.2. The van der Waals surface area contributed by atoms with Gasteiger partial charge in [0, 0.05) is 12.1 Å². The Morgan fingerprint density at radius 2 is 1.74 bits per heavy atom. The molecule has 0 saturated carbocycles. The lowest BCUT2D eigenvalue weighted by Gasteiger charge is -2.25. The molecule has 1 aliphatic heterocycles. The number of aliphatic hydroxyl groups excluding tert-OH is 1. The van der Waals surface area contributed by atoms with Gasteiger partial charge in [0.2, 0.25) is 0 Å². The Balaban J connectivity index is 2.04. The third kappa shape index (κ3) is 5.78. The maximum absolute atomic E-state index is 13.1. The van der Waals surface area contributed by atoms with E-state index in [0.29, 0.717) is 35.2 Å². The van der Waals surface area contributed by atoms with Gasteiger partial charge in [-0.25, -0.2) is 0 Å². The molecule has 1 fully saturated rings. The van der Waals surface area contributed by atoms with E-state index in [1.165, 1.54) is 4.90 Å². The van der Waals surface area contributed by atoms with Gasteiger partial charge in [0.1, 0.15) is 17.3 Å². The summed E-state index contributed by atoms with van der Waals surface area (Å²) in [6.07, 6.45) is -0.00941. The number of Topliss-reactive ketones (excluding diaryl/α,β-unsaturated/α-hetero) is 1. The molecule has 34 heavy (non-hydrogen) atoms. The van der Waals surface area contributed by atoms with Crippen LogP contribution in [0, 0.1) is 5.92 Å². The van der Waals surface area contributed by atoms with E-state index in [9.17, 15) is 14.7 Å². The van der Waals surface area contributed by atoms with Crippen LogP contribution in [0.4, 0.5) is 0 Å². The first-order chi connectivity index (χ1) is 16.2. The number of hydrogen-bond acceptors (Lipinski definition) is 6. The molecule has 0 aliphatic carbocycles. The van der Waals surface area contributed by atoms with Crippen molar-refractivity contribution in [3.8, 4) is 11.5 Å². The van der Waals surface area contributed by atoms with Crippen molar-refractivity contribution in [2.75, 3.05) is 26.9 Å². The highest BCUT2D eigenvalue weighted by Crippen LogP contribution is 2.40. The minimum atomic E-state index is -0.748. The van der Waals surface area contributed by atoms with E-state index in [1.807, 2.05) is 27.7 Å². The van der Waals surface area contributed by atoms with Gasteiger partial charge in [-0.2, -0.15) is 0 Å². The molecule has 1 saturated heterocycles. The van der Waals surface area contributed by atoms with Crippen molar-refractivity contribution < 1.29 is 28.9 Å². The van der Waals surface area contributed by atoms with Crippen molar-refractivity contribution in [2.24, 2.45) is 5.92 Å². The summed E-state index contributed by atoms with van der Waals surface area (Å²) in [7, 11) is 1.57. The molecule has 1 N–H and O–H groups in total. The number of rotatable bonds is 10. The lowest BCUT2D eigenvalue weighted by Crippen LogP contribution is -2.33. The molecule has 1 aliphatic rings. The largest absolute Gasteiger partial charge is 0.507 e. The first-order valence-electron chi connectivity index (χ1n) is 11.5. The van der Waals surface area contributed by atoms with E-state index < -0.39 is 17.7 Å². The van der Waals surface area contributed by atoms with Crippen LogP contribution in [0.25, 0.3) is 5.76 Å². The molecular weight excluding hydrogens is 434 g/mol. The zero-order valence-corrected chi connectivity index (χ0v) is 20.4. The molecule has 2 aromatic carbocycles. The zero-order chi connectivity index (χ0) is 24.8. The Hall–Kier alpha value is -3.32. The summed E-state index contributed by atoms with van der Waals surface area (Å²) >= 11 is 0. The fraction of sp³-hybridized carbons (Fsp3) is 0.407. The van der Waals surface area contributed by atoms with Gasteiger partial charge in [-0.05, 0) is 49.6 Å². The maximum atomic E-state index is 13.1. The molecule has 7 heteroatoms. The minimum Gasteiger partial charge on any atom is -0.507 e. The number of ketones is 1. The normalized spacial score (nSPS) is 17.6. The average molecular weight is 468 g/mol. The SMILES string of the molecule is COc1ccc(C2/C(=C(/O)c3cccc(OCC(C)C)c3)C(=O)C(=O)N2CCOC(C)C)cc1. The molecule has 3 rings (SSSR count). The van der Waals surface area contributed by atoms with Crippen LogP contribution in [0.15, 0.2) is 54.1 Å². The van der Waals surface area contributed by atoms with Gasteiger partial charge in [-0.1, -0.05) is 38.1 Å². The molecule has 1 unspecified atom stereocenters. The van der Waals surface area contributed by atoms with E-state index in [1.54, 1.807) is 55.6 Å². The highest BCUT2D eigenvalue weighted by Gasteiger charge is 2.45. The average Bonchev–Trinajstić information content (AvgIpc) is 3.07. The number of carbonyl (C=O) groups excluding carboxylic acids is 2. The van der Waals surface area contributed by atoms with E-state index in [2.05, 4.69) is 0 Å². The van der Waals surface area contributed by atoms with Crippen LogP contribution in [0.2, 0.25) is 0 Å². The Morgan fingerprint density at radius 3 is 2.35 bits per heavy atom. The molecule has 0 bridgehead atoms. The monoisotopic (exact) mass is 467 g/mol. The predicted molar refractivity (Wildman–Crippen MR) is 130 cm³/mol. The Kier molecular flexibility index (Phi) is 8.34. The quantitative estimate of drug-likeness (QED) is 0.313. The number of amides is 1. The zero-order valence-electron chi connectivity index (χ0n) is 20.4. The summed E-state index contributed by atoms with van der Waals surface area (Å²) in [6, 6.07) is 13.3. The second kappa shape index (κ2) is 11.2.